The molecule has 0 aliphatic heterocycles. The number of nitrogens with zero attached hydrogens (tertiary/aromatic N) is 1. The number of benzene rings is 1. The van der Waals surface area contributed by atoms with Gasteiger partial charge in [0.2, 0.25) is 5.91 Å². The van der Waals surface area contributed by atoms with Gasteiger partial charge in [-0.25, -0.2) is 0 Å². The van der Waals surface area contributed by atoms with Gasteiger partial charge in [0, 0.05) is 17.6 Å². The molecule has 0 saturated heterocycles. The molecule has 1 aliphatic carbocycles. The van der Waals surface area contributed by atoms with Crippen LogP contribution in [-0.2, 0) is 4.79 Å². The van der Waals surface area contributed by atoms with Gasteiger partial charge in [0.15, 0.2) is 0 Å². The number of carbonyl (C=O) groups is 1. The molecule has 7 heteroatoms. The molecule has 1 saturated carbocycles. The van der Waals surface area contributed by atoms with Gasteiger partial charge in [-0.2, -0.15) is 0 Å². The molecule has 1 aromatic carbocycles. The number of carbonyl (C=O) groups excluding carboxylic acids is 1. The lowest BCUT2D eigenvalue weighted by Crippen LogP contribution is -2.44. The number of anilines is 2. The first-order valence-corrected chi connectivity index (χ1v) is 7.61. The monoisotopic (exact) mass is 331 g/mol. The highest BCUT2D eigenvalue weighted by Gasteiger charge is 2.34. The van der Waals surface area contributed by atoms with E-state index in [1.54, 1.807) is 6.07 Å². The first-order valence-electron chi connectivity index (χ1n) is 6.86. The summed E-state index contributed by atoms with van der Waals surface area (Å²) in [5.74, 6) is -0.203. The number of halogens is 2. The summed E-state index contributed by atoms with van der Waals surface area (Å²) in [6.45, 7) is 2.31. The van der Waals surface area contributed by atoms with E-state index in [2.05, 4.69) is 5.32 Å². The van der Waals surface area contributed by atoms with Gasteiger partial charge in [0.1, 0.15) is 0 Å². The van der Waals surface area contributed by atoms with Crippen LogP contribution < -0.4 is 11.1 Å². The summed E-state index contributed by atoms with van der Waals surface area (Å²) in [6.07, 6.45) is 2.11. The van der Waals surface area contributed by atoms with Crippen molar-refractivity contribution < 1.29 is 9.90 Å². The molecule has 0 radical (unpaired) electrons. The van der Waals surface area contributed by atoms with Crippen molar-refractivity contribution in [2.24, 2.45) is 0 Å². The van der Waals surface area contributed by atoms with Crippen molar-refractivity contribution in [2.75, 3.05) is 24.2 Å². The van der Waals surface area contributed by atoms with E-state index in [4.69, 9.17) is 34.0 Å². The van der Waals surface area contributed by atoms with Gasteiger partial charge in [-0.15, -0.1) is 0 Å². The van der Waals surface area contributed by atoms with Crippen molar-refractivity contribution in [3.63, 3.8) is 0 Å². The van der Waals surface area contributed by atoms with Crippen molar-refractivity contribution in [1.29, 1.82) is 0 Å². The number of nitrogens with two attached hydrogens (primary N) is 1. The van der Waals surface area contributed by atoms with Crippen molar-refractivity contribution in [3.05, 3.63) is 22.2 Å². The fourth-order valence-corrected chi connectivity index (χ4v) is 2.87. The summed E-state index contributed by atoms with van der Waals surface area (Å²) in [7, 11) is 0. The Bertz CT molecular complexity index is 512. The van der Waals surface area contributed by atoms with E-state index in [9.17, 15) is 4.79 Å². The minimum atomic E-state index is -0.365. The summed E-state index contributed by atoms with van der Waals surface area (Å²) < 4.78 is 0. The van der Waals surface area contributed by atoms with Crippen LogP contribution in [0.4, 0.5) is 11.4 Å². The van der Waals surface area contributed by atoms with E-state index in [0.717, 1.165) is 12.8 Å². The largest absolute Gasteiger partial charge is 0.397 e. The highest BCUT2D eigenvalue weighted by molar-refractivity contribution is 6.37. The third-order valence-electron chi connectivity index (χ3n) is 3.58. The average molecular weight is 332 g/mol. The highest BCUT2D eigenvalue weighted by atomic mass is 35.5. The zero-order valence-corrected chi connectivity index (χ0v) is 13.3. The first kappa shape index (κ1) is 16.4. The zero-order chi connectivity index (χ0) is 15.6. The lowest BCUT2D eigenvalue weighted by Gasteiger charge is -2.27. The fraction of sp³-hybridized carbons (Fsp3) is 0.500. The Balaban J connectivity index is 2.10. The maximum absolute atomic E-state index is 12.4. The van der Waals surface area contributed by atoms with E-state index < -0.39 is 0 Å². The molecule has 0 spiro atoms. The van der Waals surface area contributed by atoms with Gasteiger partial charge in [0.05, 0.1) is 29.0 Å². The maximum Gasteiger partial charge on any atom is 0.241 e. The molecule has 1 aromatic rings. The van der Waals surface area contributed by atoms with E-state index in [0.29, 0.717) is 34.0 Å². The second-order valence-corrected chi connectivity index (χ2v) is 6.05. The number of hydrogen-bond donors (Lipinski definition) is 3. The number of hydrogen-bond acceptors (Lipinski definition) is 4. The second kappa shape index (κ2) is 6.83. The molecule has 1 atom stereocenters. The molecule has 1 fully saturated rings. The Morgan fingerprint density at radius 2 is 2.19 bits per heavy atom. The molecular formula is C14H19Cl2N3O2. The Morgan fingerprint density at radius 1 is 1.52 bits per heavy atom. The van der Waals surface area contributed by atoms with Crippen molar-refractivity contribution in [2.45, 2.75) is 31.8 Å². The molecule has 1 unspecified atom stereocenters. The summed E-state index contributed by atoms with van der Waals surface area (Å²) in [5, 5.41) is 12.6. The second-order valence-electron chi connectivity index (χ2n) is 5.21. The Labute approximate surface area is 134 Å². The van der Waals surface area contributed by atoms with Gasteiger partial charge in [-0.3, -0.25) is 9.69 Å². The third kappa shape index (κ3) is 4.01. The number of amides is 1. The number of nitrogen functional groups attached to an aromatic ring is 1. The maximum atomic E-state index is 12.4. The number of aliphatic hydroxyl groups is 1. The van der Waals surface area contributed by atoms with Crippen LogP contribution in [0.1, 0.15) is 19.8 Å². The summed E-state index contributed by atoms with van der Waals surface area (Å²) in [5.41, 5.74) is 6.54. The van der Waals surface area contributed by atoms with Gasteiger partial charge in [-0.1, -0.05) is 23.2 Å². The van der Waals surface area contributed by atoms with Crippen LogP contribution in [0.2, 0.25) is 10.0 Å². The van der Waals surface area contributed by atoms with Crippen LogP contribution in [-0.4, -0.2) is 41.1 Å². The summed E-state index contributed by atoms with van der Waals surface area (Å²) >= 11 is 11.9. The van der Waals surface area contributed by atoms with Crippen LogP contribution >= 0.6 is 23.2 Å². The summed E-state index contributed by atoms with van der Waals surface area (Å²) in [6, 6.07) is 3.08. The number of nitrogens with one attached hydrogen (secondary N) is 1. The molecular weight excluding hydrogens is 313 g/mol. The van der Waals surface area contributed by atoms with Gasteiger partial charge in [-0.05, 0) is 31.9 Å². The van der Waals surface area contributed by atoms with Crippen LogP contribution in [0.25, 0.3) is 0 Å². The van der Waals surface area contributed by atoms with E-state index in [1.807, 2.05) is 11.8 Å². The lowest BCUT2D eigenvalue weighted by molar-refractivity contribution is -0.121. The number of aliphatic hydroxyl groups excluding tert-OH is 1. The quantitative estimate of drug-likeness (QED) is 0.699. The minimum absolute atomic E-state index is 0.0258. The predicted molar refractivity (Wildman–Crippen MR) is 85.8 cm³/mol. The fourth-order valence-electron chi connectivity index (χ4n) is 2.32. The van der Waals surface area contributed by atoms with Crippen molar-refractivity contribution in [3.8, 4) is 0 Å². The SMILES string of the molecule is CC(C(=O)Nc1c(N)cc(Cl)cc1Cl)N(CCO)C1CC1. The standard InChI is InChI=1S/C14H19Cl2N3O2/c1-8(19(4-5-20)10-2-3-10)14(21)18-13-11(16)6-9(15)7-12(13)17/h6-8,10,20H,2-5,17H2,1H3,(H,18,21). The molecule has 4 N–H and O–H groups in total. The molecule has 2 rings (SSSR count). The molecule has 1 amide bonds. The van der Waals surface area contributed by atoms with Gasteiger partial charge < -0.3 is 16.2 Å². The summed E-state index contributed by atoms with van der Waals surface area (Å²) in [4.78, 5) is 14.4. The lowest BCUT2D eigenvalue weighted by atomic mass is 10.2. The van der Waals surface area contributed by atoms with Gasteiger partial charge in [0.25, 0.3) is 0 Å². The molecule has 1 aliphatic rings. The van der Waals surface area contributed by atoms with Crippen molar-refractivity contribution >= 4 is 40.5 Å². The number of rotatable bonds is 6. The van der Waals surface area contributed by atoms with Crippen LogP contribution in [0.3, 0.4) is 0 Å². The minimum Gasteiger partial charge on any atom is -0.397 e. The molecule has 0 heterocycles. The molecule has 21 heavy (non-hydrogen) atoms. The van der Waals surface area contributed by atoms with Crippen LogP contribution in [0, 0.1) is 0 Å². The Hall–Kier alpha value is -1.01. The van der Waals surface area contributed by atoms with Crippen LogP contribution in [0.15, 0.2) is 12.1 Å². The Morgan fingerprint density at radius 3 is 2.71 bits per heavy atom. The highest BCUT2D eigenvalue weighted by Crippen LogP contribution is 2.33. The van der Waals surface area contributed by atoms with Crippen molar-refractivity contribution in [1.82, 2.24) is 4.90 Å². The molecule has 5 nitrogen and oxygen atoms in total. The average Bonchev–Trinajstić information content (AvgIpc) is 3.23. The normalized spacial score (nSPS) is 16.0. The Kier molecular flexibility index (Phi) is 5.32. The molecule has 116 valence electrons. The molecule has 0 aromatic heterocycles. The zero-order valence-electron chi connectivity index (χ0n) is 11.8. The van der Waals surface area contributed by atoms with E-state index in [-0.39, 0.29) is 18.6 Å². The third-order valence-corrected chi connectivity index (χ3v) is 4.10. The van der Waals surface area contributed by atoms with Gasteiger partial charge >= 0.3 is 0 Å². The molecule has 0 bridgehead atoms. The van der Waals surface area contributed by atoms with E-state index >= 15 is 0 Å². The first-order chi connectivity index (χ1) is 9.93. The topological polar surface area (TPSA) is 78.6 Å². The smallest absolute Gasteiger partial charge is 0.241 e. The van der Waals surface area contributed by atoms with E-state index in [1.165, 1.54) is 6.07 Å². The predicted octanol–water partition coefficient (Wildman–Crippen LogP) is 2.36. The van der Waals surface area contributed by atoms with Crippen LogP contribution in [0.5, 0.6) is 0 Å².